The lowest BCUT2D eigenvalue weighted by molar-refractivity contribution is 0.0988. The Balaban J connectivity index is 1.90. The number of carbonyl (C=O) groups excluding carboxylic acids is 1. The number of carbonyl (C=O) groups is 1. The van der Waals surface area contributed by atoms with Crippen molar-refractivity contribution >= 4 is 44.6 Å². The molecule has 0 atom stereocenters. The van der Waals surface area contributed by atoms with Gasteiger partial charge in [0, 0.05) is 12.0 Å². The second-order valence-electron chi connectivity index (χ2n) is 6.53. The van der Waals surface area contributed by atoms with Gasteiger partial charge in [0.05, 0.1) is 29.5 Å². The zero-order chi connectivity index (χ0) is 22.6. The number of halogens is 2. The van der Waals surface area contributed by atoms with E-state index in [1.54, 1.807) is 19.1 Å². The van der Waals surface area contributed by atoms with Crippen LogP contribution in [0.1, 0.15) is 23.7 Å². The maximum Gasteiger partial charge on any atom is 0.229 e. The summed E-state index contributed by atoms with van der Waals surface area (Å²) in [5.41, 5.74) is 0.705. The van der Waals surface area contributed by atoms with Gasteiger partial charge in [-0.2, -0.15) is 4.98 Å². The minimum Gasteiger partial charge on any atom is -0.336 e. The molecule has 1 aromatic heterocycles. The molecular weight excluding hydrogens is 428 g/mol. The Hall–Kier alpha value is -3.60. The zero-order valence-corrected chi connectivity index (χ0v) is 17.4. The van der Waals surface area contributed by atoms with Crippen molar-refractivity contribution in [2.24, 2.45) is 0 Å². The lowest BCUT2D eigenvalue weighted by Crippen LogP contribution is -2.11. The smallest absolute Gasteiger partial charge is 0.229 e. The molecule has 11 heteroatoms. The molecule has 0 saturated heterocycles. The highest BCUT2D eigenvalue weighted by molar-refractivity contribution is 7.92. The van der Waals surface area contributed by atoms with E-state index >= 15 is 0 Å². The Bertz CT molecular complexity index is 1240. The number of aromatic nitrogens is 2. The average Bonchev–Trinajstić information content (AvgIpc) is 2.72. The van der Waals surface area contributed by atoms with E-state index in [0.29, 0.717) is 5.56 Å². The molecule has 0 aliphatic heterocycles. The molecule has 0 aliphatic rings. The molecule has 2 aromatic carbocycles. The summed E-state index contributed by atoms with van der Waals surface area (Å²) in [5.74, 6) is -2.01. The molecular formula is C20H19F2N5O3S. The van der Waals surface area contributed by atoms with Crippen molar-refractivity contribution in [1.29, 1.82) is 0 Å². The largest absolute Gasteiger partial charge is 0.336 e. The van der Waals surface area contributed by atoms with Crippen LogP contribution in [-0.2, 0) is 10.0 Å². The summed E-state index contributed by atoms with van der Waals surface area (Å²) in [7, 11) is -3.57. The van der Waals surface area contributed by atoms with Gasteiger partial charge in [-0.25, -0.2) is 22.2 Å². The summed E-state index contributed by atoms with van der Waals surface area (Å²) in [6.45, 7) is 1.69. The third-order valence-corrected chi connectivity index (χ3v) is 4.67. The fourth-order valence-electron chi connectivity index (χ4n) is 2.64. The Morgan fingerprint density at radius 3 is 2.39 bits per heavy atom. The Kier molecular flexibility index (Phi) is 6.44. The highest BCUT2D eigenvalue weighted by atomic mass is 32.2. The van der Waals surface area contributed by atoms with Gasteiger partial charge < -0.3 is 10.6 Å². The standard InChI is InChI=1S/C20H19F2N5O3S/c1-3-18(28)12-8-9-13(21)17(10-12)25-20-23-11-14(22)19(26-20)24-15-6-4-5-7-16(15)27-31(2,29)30/h4-11,27H,3H2,1-2H3,(H2,23,24,25,26). The third kappa shape index (κ3) is 5.72. The molecule has 0 aliphatic carbocycles. The minimum atomic E-state index is -3.57. The van der Waals surface area contributed by atoms with Crippen LogP contribution in [-0.4, -0.2) is 30.4 Å². The first kappa shape index (κ1) is 22.1. The fraction of sp³-hybridized carbons (Fsp3) is 0.150. The second kappa shape index (κ2) is 9.04. The van der Waals surface area contributed by atoms with E-state index in [-0.39, 0.29) is 41.0 Å². The summed E-state index contributed by atoms with van der Waals surface area (Å²) in [4.78, 5) is 19.7. The van der Waals surface area contributed by atoms with E-state index in [0.717, 1.165) is 18.5 Å². The quantitative estimate of drug-likeness (QED) is 0.444. The molecule has 3 aromatic rings. The van der Waals surface area contributed by atoms with Gasteiger partial charge in [0.1, 0.15) is 5.82 Å². The molecule has 8 nitrogen and oxygen atoms in total. The van der Waals surface area contributed by atoms with Crippen molar-refractivity contribution in [3.05, 3.63) is 65.9 Å². The van der Waals surface area contributed by atoms with Crippen LogP contribution in [0, 0.1) is 11.6 Å². The normalized spacial score (nSPS) is 11.1. The zero-order valence-electron chi connectivity index (χ0n) is 16.6. The SMILES string of the molecule is CCC(=O)c1ccc(F)c(Nc2ncc(F)c(Nc3ccccc3NS(C)(=O)=O)n2)c1. The molecule has 1 heterocycles. The van der Waals surface area contributed by atoms with Crippen LogP contribution >= 0.6 is 0 Å². The molecule has 3 N–H and O–H groups in total. The van der Waals surface area contributed by atoms with E-state index in [9.17, 15) is 22.0 Å². The van der Waals surface area contributed by atoms with Gasteiger partial charge in [-0.3, -0.25) is 9.52 Å². The van der Waals surface area contributed by atoms with Gasteiger partial charge in [0.15, 0.2) is 17.4 Å². The van der Waals surface area contributed by atoms with Gasteiger partial charge in [-0.05, 0) is 30.3 Å². The highest BCUT2D eigenvalue weighted by Gasteiger charge is 2.14. The van der Waals surface area contributed by atoms with Crippen LogP contribution in [0.4, 0.5) is 37.6 Å². The Labute approximate surface area is 177 Å². The molecule has 3 rings (SSSR count). The Morgan fingerprint density at radius 2 is 1.71 bits per heavy atom. The first-order valence-corrected chi connectivity index (χ1v) is 11.0. The van der Waals surface area contributed by atoms with Crippen molar-refractivity contribution in [1.82, 2.24) is 9.97 Å². The van der Waals surface area contributed by atoms with Crippen LogP contribution < -0.4 is 15.4 Å². The lowest BCUT2D eigenvalue weighted by atomic mass is 10.1. The van der Waals surface area contributed by atoms with Gasteiger partial charge in [-0.1, -0.05) is 19.1 Å². The molecule has 0 spiro atoms. The number of Topliss-reactive ketones (excluding diaryl/α,β-unsaturated/α-hetero) is 1. The first-order valence-electron chi connectivity index (χ1n) is 9.12. The number of hydrogen-bond donors (Lipinski definition) is 3. The monoisotopic (exact) mass is 447 g/mol. The van der Waals surface area contributed by atoms with Crippen molar-refractivity contribution < 1.29 is 22.0 Å². The molecule has 0 radical (unpaired) electrons. The molecule has 0 saturated carbocycles. The van der Waals surface area contributed by atoms with E-state index in [4.69, 9.17) is 0 Å². The summed E-state index contributed by atoms with van der Waals surface area (Å²) < 4.78 is 53.9. The lowest BCUT2D eigenvalue weighted by Gasteiger charge is -2.14. The number of hydrogen-bond acceptors (Lipinski definition) is 7. The number of ketones is 1. The molecule has 31 heavy (non-hydrogen) atoms. The topological polar surface area (TPSA) is 113 Å². The molecule has 0 amide bonds. The number of para-hydroxylation sites is 2. The maximum absolute atomic E-state index is 14.3. The van der Waals surface area contributed by atoms with Crippen molar-refractivity contribution in [2.45, 2.75) is 13.3 Å². The number of nitrogens with zero attached hydrogens (tertiary/aromatic N) is 2. The van der Waals surface area contributed by atoms with Crippen molar-refractivity contribution in [3.63, 3.8) is 0 Å². The van der Waals surface area contributed by atoms with E-state index < -0.39 is 21.7 Å². The third-order valence-electron chi connectivity index (χ3n) is 4.08. The van der Waals surface area contributed by atoms with Crippen molar-refractivity contribution in [2.75, 3.05) is 21.6 Å². The van der Waals surface area contributed by atoms with Gasteiger partial charge in [0.25, 0.3) is 0 Å². The van der Waals surface area contributed by atoms with Gasteiger partial charge >= 0.3 is 0 Å². The van der Waals surface area contributed by atoms with Crippen LogP contribution in [0.5, 0.6) is 0 Å². The summed E-state index contributed by atoms with van der Waals surface area (Å²) in [6.07, 6.45) is 2.12. The highest BCUT2D eigenvalue weighted by Crippen LogP contribution is 2.27. The summed E-state index contributed by atoms with van der Waals surface area (Å²) >= 11 is 0. The van der Waals surface area contributed by atoms with E-state index in [1.807, 2.05) is 0 Å². The molecule has 162 valence electrons. The molecule has 0 fully saturated rings. The maximum atomic E-state index is 14.3. The van der Waals surface area contributed by atoms with E-state index in [2.05, 4.69) is 25.3 Å². The number of anilines is 5. The van der Waals surface area contributed by atoms with Gasteiger partial charge in [0.2, 0.25) is 16.0 Å². The summed E-state index contributed by atoms with van der Waals surface area (Å²) in [6, 6.07) is 10.1. The number of rotatable bonds is 8. The molecule has 0 unspecified atom stereocenters. The predicted molar refractivity (Wildman–Crippen MR) is 114 cm³/mol. The number of nitrogens with one attached hydrogen (secondary N) is 3. The first-order chi connectivity index (χ1) is 14.7. The second-order valence-corrected chi connectivity index (χ2v) is 8.28. The fourth-order valence-corrected chi connectivity index (χ4v) is 3.22. The number of benzene rings is 2. The summed E-state index contributed by atoms with van der Waals surface area (Å²) in [5, 5.41) is 5.33. The minimum absolute atomic E-state index is 0.0454. The number of sulfonamides is 1. The Morgan fingerprint density at radius 1 is 1.00 bits per heavy atom. The van der Waals surface area contributed by atoms with Crippen LogP contribution in [0.25, 0.3) is 0 Å². The van der Waals surface area contributed by atoms with E-state index in [1.165, 1.54) is 24.3 Å². The van der Waals surface area contributed by atoms with Crippen LogP contribution in [0.15, 0.2) is 48.7 Å². The van der Waals surface area contributed by atoms with Crippen molar-refractivity contribution in [3.8, 4) is 0 Å². The van der Waals surface area contributed by atoms with Crippen LogP contribution in [0.3, 0.4) is 0 Å². The predicted octanol–water partition coefficient (Wildman–Crippen LogP) is 4.21. The van der Waals surface area contributed by atoms with Crippen LogP contribution in [0.2, 0.25) is 0 Å². The molecule has 0 bridgehead atoms. The average molecular weight is 447 g/mol. The van der Waals surface area contributed by atoms with Gasteiger partial charge in [-0.15, -0.1) is 0 Å².